The van der Waals surface area contributed by atoms with Crippen molar-refractivity contribution in [1.82, 2.24) is 4.90 Å². The molecular formula is C15H24N2O3. The number of carbonyl (C=O) groups is 1. The van der Waals surface area contributed by atoms with Gasteiger partial charge in [-0.25, -0.2) is 0 Å². The zero-order valence-electron chi connectivity index (χ0n) is 12.2. The summed E-state index contributed by atoms with van der Waals surface area (Å²) < 4.78 is 4.67. The van der Waals surface area contributed by atoms with Crippen LogP contribution in [0.15, 0.2) is 24.3 Å². The van der Waals surface area contributed by atoms with Crippen LogP contribution in [-0.4, -0.2) is 42.7 Å². The first-order chi connectivity index (χ1) is 9.60. The van der Waals surface area contributed by atoms with E-state index < -0.39 is 6.10 Å². The summed E-state index contributed by atoms with van der Waals surface area (Å²) in [5.74, 6) is -0.288. The van der Waals surface area contributed by atoms with Gasteiger partial charge in [-0.2, -0.15) is 0 Å². The van der Waals surface area contributed by atoms with Crippen LogP contribution in [0.3, 0.4) is 0 Å². The van der Waals surface area contributed by atoms with E-state index in [-0.39, 0.29) is 12.5 Å². The van der Waals surface area contributed by atoms with Crippen LogP contribution in [-0.2, 0) is 16.1 Å². The molecule has 0 saturated heterocycles. The summed E-state index contributed by atoms with van der Waals surface area (Å²) in [4.78, 5) is 13.2. The Labute approximate surface area is 120 Å². The molecule has 1 aromatic carbocycles. The Balaban J connectivity index is 2.63. The Morgan fingerprint density at radius 3 is 2.55 bits per heavy atom. The molecule has 0 aromatic heterocycles. The fourth-order valence-corrected chi connectivity index (χ4v) is 2.02. The minimum atomic E-state index is -0.627. The number of nitrogens with two attached hydrogens (primary N) is 1. The summed E-state index contributed by atoms with van der Waals surface area (Å²) in [6.45, 7) is 3.87. The summed E-state index contributed by atoms with van der Waals surface area (Å²) in [5.41, 5.74) is 7.40. The minimum Gasteiger partial charge on any atom is -0.468 e. The molecule has 5 nitrogen and oxygen atoms in total. The Hall–Kier alpha value is -1.43. The second kappa shape index (κ2) is 8.68. The highest BCUT2D eigenvalue weighted by Gasteiger charge is 2.16. The van der Waals surface area contributed by atoms with Crippen LogP contribution in [0.5, 0.6) is 0 Å². The van der Waals surface area contributed by atoms with E-state index in [0.717, 1.165) is 24.1 Å². The molecular weight excluding hydrogens is 256 g/mol. The Bertz CT molecular complexity index is 406. The molecule has 0 bridgehead atoms. The molecule has 0 amide bonds. The van der Waals surface area contributed by atoms with Gasteiger partial charge in [0.25, 0.3) is 0 Å². The van der Waals surface area contributed by atoms with Crippen LogP contribution < -0.4 is 5.73 Å². The topological polar surface area (TPSA) is 75.8 Å². The Kier molecular flexibility index (Phi) is 7.22. The molecule has 112 valence electrons. The number of carbonyl (C=O) groups excluding carboxylic acids is 1. The second-order valence-electron chi connectivity index (χ2n) is 4.77. The highest BCUT2D eigenvalue weighted by Crippen LogP contribution is 2.15. The van der Waals surface area contributed by atoms with Gasteiger partial charge in [-0.3, -0.25) is 9.69 Å². The second-order valence-corrected chi connectivity index (χ2v) is 4.77. The number of hydrogen-bond donors (Lipinski definition) is 2. The van der Waals surface area contributed by atoms with Crippen molar-refractivity contribution in [3.8, 4) is 0 Å². The van der Waals surface area contributed by atoms with Gasteiger partial charge in [-0.05, 0) is 24.1 Å². The fourth-order valence-electron chi connectivity index (χ4n) is 2.02. The van der Waals surface area contributed by atoms with E-state index in [4.69, 9.17) is 5.73 Å². The van der Waals surface area contributed by atoms with Gasteiger partial charge < -0.3 is 15.6 Å². The summed E-state index contributed by atoms with van der Waals surface area (Å²) in [6, 6.07) is 7.55. The molecule has 0 radical (unpaired) electrons. The van der Waals surface area contributed by atoms with Crippen LogP contribution in [0, 0.1) is 0 Å². The van der Waals surface area contributed by atoms with Crippen molar-refractivity contribution in [3.63, 3.8) is 0 Å². The Morgan fingerprint density at radius 1 is 1.40 bits per heavy atom. The van der Waals surface area contributed by atoms with Gasteiger partial charge in [-0.1, -0.05) is 31.2 Å². The van der Waals surface area contributed by atoms with E-state index in [2.05, 4.69) is 4.74 Å². The normalized spacial score (nSPS) is 12.4. The standard InChI is InChI=1S/C15H24N2O3/c1-3-8-17(11-15(19)20-2)10-14(18)13-6-4-12(9-16)5-7-13/h4-7,14,18H,3,8-11,16H2,1-2H3. The smallest absolute Gasteiger partial charge is 0.319 e. The molecule has 3 N–H and O–H groups in total. The van der Waals surface area contributed by atoms with Crippen molar-refractivity contribution < 1.29 is 14.6 Å². The van der Waals surface area contributed by atoms with Gasteiger partial charge in [0.15, 0.2) is 0 Å². The molecule has 1 aromatic rings. The lowest BCUT2D eigenvalue weighted by Gasteiger charge is -2.23. The van der Waals surface area contributed by atoms with Gasteiger partial charge in [0.2, 0.25) is 0 Å². The third-order valence-corrected chi connectivity index (χ3v) is 3.15. The van der Waals surface area contributed by atoms with Crippen molar-refractivity contribution in [1.29, 1.82) is 0 Å². The molecule has 1 rings (SSSR count). The lowest BCUT2D eigenvalue weighted by atomic mass is 10.1. The largest absolute Gasteiger partial charge is 0.468 e. The van der Waals surface area contributed by atoms with E-state index >= 15 is 0 Å². The summed E-state index contributed by atoms with van der Waals surface area (Å²) >= 11 is 0. The monoisotopic (exact) mass is 280 g/mol. The number of ether oxygens (including phenoxy) is 1. The van der Waals surface area contributed by atoms with Crippen LogP contribution >= 0.6 is 0 Å². The van der Waals surface area contributed by atoms with Gasteiger partial charge >= 0.3 is 5.97 Å². The molecule has 1 unspecified atom stereocenters. The lowest BCUT2D eigenvalue weighted by Crippen LogP contribution is -2.34. The number of aliphatic hydroxyl groups is 1. The lowest BCUT2D eigenvalue weighted by molar-refractivity contribution is -0.142. The summed E-state index contributed by atoms with van der Waals surface area (Å²) in [5, 5.41) is 10.2. The maximum atomic E-state index is 11.3. The molecule has 0 aliphatic carbocycles. The van der Waals surface area contributed by atoms with Gasteiger partial charge in [0.05, 0.1) is 19.8 Å². The molecule has 0 saturated carbocycles. The predicted molar refractivity (Wildman–Crippen MR) is 78.0 cm³/mol. The van der Waals surface area contributed by atoms with Crippen molar-refractivity contribution in [2.75, 3.05) is 26.7 Å². The van der Waals surface area contributed by atoms with Gasteiger partial charge in [0, 0.05) is 13.1 Å². The number of esters is 1. The molecule has 1 atom stereocenters. The average molecular weight is 280 g/mol. The van der Waals surface area contributed by atoms with E-state index in [0.29, 0.717) is 13.1 Å². The molecule has 0 aliphatic rings. The van der Waals surface area contributed by atoms with Crippen LogP contribution in [0.1, 0.15) is 30.6 Å². The van der Waals surface area contributed by atoms with Gasteiger partial charge in [-0.15, -0.1) is 0 Å². The fraction of sp³-hybridized carbons (Fsp3) is 0.533. The van der Waals surface area contributed by atoms with Gasteiger partial charge in [0.1, 0.15) is 0 Å². The average Bonchev–Trinajstić information content (AvgIpc) is 2.47. The minimum absolute atomic E-state index is 0.197. The van der Waals surface area contributed by atoms with E-state index in [1.165, 1.54) is 7.11 Å². The van der Waals surface area contributed by atoms with E-state index in [9.17, 15) is 9.90 Å². The first kappa shape index (κ1) is 16.6. The Morgan fingerprint density at radius 2 is 2.05 bits per heavy atom. The zero-order valence-corrected chi connectivity index (χ0v) is 12.2. The first-order valence-electron chi connectivity index (χ1n) is 6.86. The summed E-state index contributed by atoms with van der Waals surface area (Å²) in [7, 11) is 1.37. The predicted octanol–water partition coefficient (Wildman–Crippen LogP) is 1.06. The number of nitrogens with zero attached hydrogens (tertiary/aromatic N) is 1. The molecule has 0 heterocycles. The molecule has 5 heteroatoms. The third-order valence-electron chi connectivity index (χ3n) is 3.15. The van der Waals surface area contributed by atoms with Crippen LogP contribution in [0.4, 0.5) is 0 Å². The first-order valence-corrected chi connectivity index (χ1v) is 6.86. The SMILES string of the molecule is CCCN(CC(=O)OC)CC(O)c1ccc(CN)cc1. The highest BCUT2D eigenvalue weighted by molar-refractivity contribution is 5.71. The van der Waals surface area contributed by atoms with Crippen molar-refractivity contribution in [2.45, 2.75) is 26.0 Å². The molecule has 20 heavy (non-hydrogen) atoms. The molecule has 0 fully saturated rings. The van der Waals surface area contributed by atoms with Crippen molar-refractivity contribution >= 4 is 5.97 Å². The summed E-state index contributed by atoms with van der Waals surface area (Å²) in [6.07, 6.45) is 0.286. The van der Waals surface area contributed by atoms with Crippen LogP contribution in [0.25, 0.3) is 0 Å². The van der Waals surface area contributed by atoms with Crippen molar-refractivity contribution in [2.24, 2.45) is 5.73 Å². The van der Waals surface area contributed by atoms with Crippen LogP contribution in [0.2, 0.25) is 0 Å². The zero-order chi connectivity index (χ0) is 15.0. The molecule has 0 aliphatic heterocycles. The number of benzene rings is 1. The van der Waals surface area contributed by atoms with E-state index in [1.54, 1.807) is 0 Å². The third kappa shape index (κ3) is 5.28. The number of methoxy groups -OCH3 is 1. The highest BCUT2D eigenvalue weighted by atomic mass is 16.5. The quantitative estimate of drug-likeness (QED) is 0.697. The number of hydrogen-bond acceptors (Lipinski definition) is 5. The maximum absolute atomic E-state index is 11.3. The molecule has 0 spiro atoms. The number of rotatable bonds is 8. The maximum Gasteiger partial charge on any atom is 0.319 e. The van der Waals surface area contributed by atoms with Crippen molar-refractivity contribution in [3.05, 3.63) is 35.4 Å². The van der Waals surface area contributed by atoms with E-state index in [1.807, 2.05) is 36.1 Å². The number of aliphatic hydroxyl groups excluding tert-OH is 1.